The minimum Gasteiger partial charge on any atom is -0.376 e. The first kappa shape index (κ1) is 14.8. The van der Waals surface area contributed by atoms with Crippen molar-refractivity contribution in [1.82, 2.24) is 5.43 Å². The Balaban J connectivity index is 1.80. The summed E-state index contributed by atoms with van der Waals surface area (Å²) in [5.41, 5.74) is 6.71. The summed E-state index contributed by atoms with van der Waals surface area (Å²) in [5, 5.41) is 7.02. The van der Waals surface area contributed by atoms with Gasteiger partial charge in [-0.2, -0.15) is 5.10 Å². The first-order valence-electron chi connectivity index (χ1n) is 6.83. The molecule has 0 heterocycles. The van der Waals surface area contributed by atoms with Gasteiger partial charge in [0.2, 0.25) is 0 Å². The standard InChI is InChI=1S/C17H19N3O/c1-13-7-9-15(10-8-13)11-19-20-17(21)12-18-16-6-4-3-5-14(16)2/h3-11,18H,12H2,1-2H3,(H,20,21)/b19-11-. The molecule has 2 aromatic carbocycles. The third kappa shape index (κ3) is 4.76. The number of para-hydroxylation sites is 1. The second-order valence-electron chi connectivity index (χ2n) is 4.87. The van der Waals surface area contributed by atoms with Gasteiger partial charge in [0.15, 0.2) is 0 Å². The summed E-state index contributed by atoms with van der Waals surface area (Å²) < 4.78 is 0. The number of amides is 1. The van der Waals surface area contributed by atoms with Crippen LogP contribution in [0.1, 0.15) is 16.7 Å². The fourth-order valence-corrected chi connectivity index (χ4v) is 1.82. The Bertz CT molecular complexity index is 633. The van der Waals surface area contributed by atoms with Gasteiger partial charge in [0.1, 0.15) is 0 Å². The van der Waals surface area contributed by atoms with Crippen molar-refractivity contribution in [1.29, 1.82) is 0 Å². The first-order chi connectivity index (χ1) is 10.1. The van der Waals surface area contributed by atoms with Crippen LogP contribution in [0.2, 0.25) is 0 Å². The summed E-state index contributed by atoms with van der Waals surface area (Å²) in [6.07, 6.45) is 1.63. The number of nitrogens with zero attached hydrogens (tertiary/aromatic N) is 1. The minimum absolute atomic E-state index is 0.179. The molecule has 0 bridgehead atoms. The molecule has 0 spiro atoms. The molecular weight excluding hydrogens is 262 g/mol. The molecule has 0 unspecified atom stereocenters. The monoisotopic (exact) mass is 281 g/mol. The quantitative estimate of drug-likeness (QED) is 0.654. The molecule has 0 saturated heterocycles. The van der Waals surface area contributed by atoms with Crippen LogP contribution in [0.5, 0.6) is 0 Å². The van der Waals surface area contributed by atoms with Crippen LogP contribution in [0.3, 0.4) is 0 Å². The summed E-state index contributed by atoms with van der Waals surface area (Å²) in [6.45, 7) is 4.21. The molecule has 0 fully saturated rings. The van der Waals surface area contributed by atoms with E-state index in [0.29, 0.717) is 0 Å². The van der Waals surface area contributed by atoms with Gasteiger partial charge < -0.3 is 5.32 Å². The lowest BCUT2D eigenvalue weighted by Crippen LogP contribution is -2.26. The lowest BCUT2D eigenvalue weighted by Gasteiger charge is -2.07. The van der Waals surface area contributed by atoms with Gasteiger partial charge in [-0.15, -0.1) is 0 Å². The number of benzene rings is 2. The maximum atomic E-state index is 11.7. The van der Waals surface area contributed by atoms with Gasteiger partial charge in [-0.05, 0) is 31.0 Å². The molecule has 4 heteroatoms. The van der Waals surface area contributed by atoms with E-state index in [9.17, 15) is 4.79 Å². The SMILES string of the molecule is Cc1ccc(/C=N\NC(=O)CNc2ccccc2C)cc1. The van der Waals surface area contributed by atoms with Gasteiger partial charge >= 0.3 is 0 Å². The summed E-state index contributed by atoms with van der Waals surface area (Å²) in [6, 6.07) is 15.8. The molecule has 2 N–H and O–H groups in total. The lowest BCUT2D eigenvalue weighted by molar-refractivity contribution is -0.119. The summed E-state index contributed by atoms with van der Waals surface area (Å²) in [4.78, 5) is 11.7. The summed E-state index contributed by atoms with van der Waals surface area (Å²) >= 11 is 0. The van der Waals surface area contributed by atoms with Gasteiger partial charge in [-0.25, -0.2) is 5.43 Å². The molecule has 0 aliphatic rings. The largest absolute Gasteiger partial charge is 0.376 e. The zero-order chi connectivity index (χ0) is 15.1. The van der Waals surface area contributed by atoms with E-state index >= 15 is 0 Å². The molecule has 2 aromatic rings. The van der Waals surface area contributed by atoms with Crippen molar-refractivity contribution in [3.05, 3.63) is 65.2 Å². The number of hydrogen-bond acceptors (Lipinski definition) is 3. The van der Waals surface area contributed by atoms with E-state index < -0.39 is 0 Å². The number of aryl methyl sites for hydroxylation is 2. The average molecular weight is 281 g/mol. The van der Waals surface area contributed by atoms with E-state index in [2.05, 4.69) is 15.8 Å². The van der Waals surface area contributed by atoms with Crippen LogP contribution in [0, 0.1) is 13.8 Å². The number of rotatable bonds is 5. The van der Waals surface area contributed by atoms with Crippen molar-refractivity contribution in [3.8, 4) is 0 Å². The highest BCUT2D eigenvalue weighted by atomic mass is 16.2. The zero-order valence-corrected chi connectivity index (χ0v) is 12.3. The molecule has 108 valence electrons. The predicted octanol–water partition coefficient (Wildman–Crippen LogP) is 2.87. The predicted molar refractivity (Wildman–Crippen MR) is 86.6 cm³/mol. The van der Waals surface area contributed by atoms with E-state index in [4.69, 9.17) is 0 Å². The van der Waals surface area contributed by atoms with Crippen LogP contribution in [0.25, 0.3) is 0 Å². The van der Waals surface area contributed by atoms with Gasteiger partial charge in [0, 0.05) is 5.69 Å². The molecule has 4 nitrogen and oxygen atoms in total. The van der Waals surface area contributed by atoms with E-state index in [1.807, 2.05) is 62.4 Å². The van der Waals surface area contributed by atoms with Crippen molar-refractivity contribution < 1.29 is 4.79 Å². The Kier molecular flexibility index (Phi) is 5.10. The van der Waals surface area contributed by atoms with Crippen molar-refractivity contribution in [3.63, 3.8) is 0 Å². The normalized spacial score (nSPS) is 10.6. The molecule has 2 rings (SSSR count). The Labute approximate surface area is 124 Å². The number of carbonyl (C=O) groups excluding carboxylic acids is 1. The molecule has 21 heavy (non-hydrogen) atoms. The van der Waals surface area contributed by atoms with Crippen molar-refractivity contribution in [2.24, 2.45) is 5.10 Å². The minimum atomic E-state index is -0.179. The Morgan fingerprint density at radius 1 is 1.10 bits per heavy atom. The van der Waals surface area contributed by atoms with Crippen molar-refractivity contribution in [2.45, 2.75) is 13.8 Å². The fraction of sp³-hybridized carbons (Fsp3) is 0.176. The Morgan fingerprint density at radius 2 is 1.81 bits per heavy atom. The molecule has 0 radical (unpaired) electrons. The number of hydrazone groups is 1. The van der Waals surface area contributed by atoms with Crippen molar-refractivity contribution >= 4 is 17.8 Å². The highest BCUT2D eigenvalue weighted by Crippen LogP contribution is 2.12. The van der Waals surface area contributed by atoms with Crippen LogP contribution >= 0.6 is 0 Å². The first-order valence-corrected chi connectivity index (χ1v) is 6.83. The average Bonchev–Trinajstić information content (AvgIpc) is 2.48. The van der Waals surface area contributed by atoms with Crippen LogP contribution in [-0.4, -0.2) is 18.7 Å². The van der Waals surface area contributed by atoms with Crippen LogP contribution in [-0.2, 0) is 4.79 Å². The fourth-order valence-electron chi connectivity index (χ4n) is 1.82. The van der Waals surface area contributed by atoms with E-state index in [0.717, 1.165) is 16.8 Å². The molecule has 0 atom stereocenters. The Morgan fingerprint density at radius 3 is 2.52 bits per heavy atom. The maximum absolute atomic E-state index is 11.7. The molecule has 0 aliphatic heterocycles. The molecular formula is C17H19N3O. The van der Waals surface area contributed by atoms with Gasteiger partial charge in [-0.3, -0.25) is 4.79 Å². The van der Waals surface area contributed by atoms with Gasteiger partial charge in [0.05, 0.1) is 12.8 Å². The summed E-state index contributed by atoms with van der Waals surface area (Å²) in [7, 11) is 0. The topological polar surface area (TPSA) is 53.5 Å². The van der Waals surface area contributed by atoms with Crippen LogP contribution < -0.4 is 10.7 Å². The summed E-state index contributed by atoms with van der Waals surface area (Å²) in [5.74, 6) is -0.179. The van der Waals surface area contributed by atoms with Crippen molar-refractivity contribution in [2.75, 3.05) is 11.9 Å². The van der Waals surface area contributed by atoms with E-state index in [1.165, 1.54) is 5.56 Å². The third-order valence-electron chi connectivity index (χ3n) is 3.06. The number of carbonyl (C=O) groups is 1. The van der Waals surface area contributed by atoms with Crippen LogP contribution in [0.15, 0.2) is 53.6 Å². The smallest absolute Gasteiger partial charge is 0.259 e. The third-order valence-corrected chi connectivity index (χ3v) is 3.06. The molecule has 1 amide bonds. The highest BCUT2D eigenvalue weighted by molar-refractivity contribution is 5.84. The lowest BCUT2D eigenvalue weighted by atomic mass is 10.2. The number of hydrogen-bond donors (Lipinski definition) is 2. The van der Waals surface area contributed by atoms with E-state index in [1.54, 1.807) is 6.21 Å². The second-order valence-corrected chi connectivity index (χ2v) is 4.87. The maximum Gasteiger partial charge on any atom is 0.259 e. The highest BCUT2D eigenvalue weighted by Gasteiger charge is 2.00. The molecule has 0 aliphatic carbocycles. The second kappa shape index (κ2) is 7.24. The molecule has 0 saturated carbocycles. The zero-order valence-electron chi connectivity index (χ0n) is 12.3. The van der Waals surface area contributed by atoms with Gasteiger partial charge in [0.25, 0.3) is 5.91 Å². The van der Waals surface area contributed by atoms with Gasteiger partial charge in [-0.1, -0.05) is 48.0 Å². The van der Waals surface area contributed by atoms with Crippen LogP contribution in [0.4, 0.5) is 5.69 Å². The number of nitrogens with one attached hydrogen (secondary N) is 2. The number of anilines is 1. The van der Waals surface area contributed by atoms with E-state index in [-0.39, 0.29) is 12.5 Å². The Hall–Kier alpha value is -2.62. The molecule has 0 aromatic heterocycles.